The Hall–Kier alpha value is -1.87. The van der Waals surface area contributed by atoms with E-state index in [0.29, 0.717) is 13.0 Å². The van der Waals surface area contributed by atoms with Crippen LogP contribution in [0.2, 0.25) is 0 Å². The van der Waals surface area contributed by atoms with Gasteiger partial charge in [0.25, 0.3) is 0 Å². The van der Waals surface area contributed by atoms with Crippen LogP contribution in [0.3, 0.4) is 0 Å². The van der Waals surface area contributed by atoms with Crippen molar-refractivity contribution in [2.24, 2.45) is 5.73 Å². The molecule has 0 fully saturated rings. The summed E-state index contributed by atoms with van der Waals surface area (Å²) in [6.07, 6.45) is 2.90. The number of rotatable bonds is 3. The van der Waals surface area contributed by atoms with Crippen molar-refractivity contribution in [1.29, 1.82) is 0 Å². The van der Waals surface area contributed by atoms with Crippen LogP contribution in [0.5, 0.6) is 0 Å². The van der Waals surface area contributed by atoms with Crippen molar-refractivity contribution in [3.05, 3.63) is 58.9 Å². The van der Waals surface area contributed by atoms with Crippen molar-refractivity contribution in [2.45, 2.75) is 26.2 Å². The van der Waals surface area contributed by atoms with Gasteiger partial charge in [-0.1, -0.05) is 17.7 Å². The molecule has 1 heterocycles. The van der Waals surface area contributed by atoms with Gasteiger partial charge in [0.1, 0.15) is 5.82 Å². The number of benzene rings is 2. The lowest BCUT2D eigenvalue weighted by Gasteiger charge is -2.32. The highest BCUT2D eigenvalue weighted by molar-refractivity contribution is 5.68. The van der Waals surface area contributed by atoms with E-state index in [1.807, 2.05) is 0 Å². The van der Waals surface area contributed by atoms with Gasteiger partial charge in [-0.3, -0.25) is 0 Å². The molecule has 0 saturated carbocycles. The summed E-state index contributed by atoms with van der Waals surface area (Å²) in [5.74, 6) is -0.185. The zero-order valence-corrected chi connectivity index (χ0v) is 12.4. The number of nitrogens with zero attached hydrogens (tertiary/aromatic N) is 1. The van der Waals surface area contributed by atoms with E-state index in [9.17, 15) is 4.39 Å². The molecule has 21 heavy (non-hydrogen) atoms. The molecule has 2 nitrogen and oxygen atoms in total. The van der Waals surface area contributed by atoms with Crippen molar-refractivity contribution in [2.75, 3.05) is 18.0 Å². The number of fused-ring (bicyclic) bond motifs is 1. The molecular weight excluding hydrogens is 263 g/mol. The van der Waals surface area contributed by atoms with E-state index in [4.69, 9.17) is 5.73 Å². The van der Waals surface area contributed by atoms with E-state index in [2.05, 4.69) is 36.1 Å². The van der Waals surface area contributed by atoms with Crippen LogP contribution in [0.15, 0.2) is 36.4 Å². The maximum atomic E-state index is 13.9. The fraction of sp³-hybridized carbons (Fsp3) is 0.333. The molecule has 1 aliphatic rings. The lowest BCUT2D eigenvalue weighted by molar-refractivity contribution is 0.624. The Kier molecular flexibility index (Phi) is 3.93. The molecule has 0 saturated heterocycles. The third kappa shape index (κ3) is 2.93. The first-order valence-corrected chi connectivity index (χ1v) is 7.54. The zero-order valence-electron chi connectivity index (χ0n) is 12.4. The second-order valence-corrected chi connectivity index (χ2v) is 5.74. The van der Waals surface area contributed by atoms with Gasteiger partial charge in [-0.25, -0.2) is 4.39 Å². The van der Waals surface area contributed by atoms with Crippen LogP contribution >= 0.6 is 0 Å². The minimum Gasteiger partial charge on any atom is -0.341 e. The molecule has 0 radical (unpaired) electrons. The van der Waals surface area contributed by atoms with Gasteiger partial charge in [-0.15, -0.1) is 0 Å². The second kappa shape index (κ2) is 5.86. The standard InChI is InChI=1S/C18H21FN2/c1-13-4-5-18-15(9-13)3-2-8-21(18)17-11-14(6-7-20)10-16(19)12-17/h4-5,9-12H,2-3,6-8,20H2,1H3. The van der Waals surface area contributed by atoms with E-state index in [1.54, 1.807) is 12.1 Å². The van der Waals surface area contributed by atoms with Gasteiger partial charge in [0.15, 0.2) is 0 Å². The topological polar surface area (TPSA) is 29.3 Å². The van der Waals surface area contributed by atoms with Gasteiger partial charge in [-0.05, 0) is 68.1 Å². The molecule has 0 amide bonds. The average Bonchev–Trinajstić information content (AvgIpc) is 2.46. The first kappa shape index (κ1) is 14.1. The second-order valence-electron chi connectivity index (χ2n) is 5.74. The number of nitrogens with two attached hydrogens (primary N) is 1. The Morgan fingerprint density at radius 1 is 1.19 bits per heavy atom. The molecule has 1 aliphatic heterocycles. The van der Waals surface area contributed by atoms with Gasteiger partial charge in [0, 0.05) is 17.9 Å². The molecule has 0 spiro atoms. The van der Waals surface area contributed by atoms with E-state index in [0.717, 1.165) is 30.6 Å². The smallest absolute Gasteiger partial charge is 0.125 e. The number of halogens is 1. The molecule has 2 aromatic carbocycles. The van der Waals surface area contributed by atoms with Crippen molar-refractivity contribution in [3.8, 4) is 0 Å². The quantitative estimate of drug-likeness (QED) is 0.930. The van der Waals surface area contributed by atoms with Gasteiger partial charge in [0.2, 0.25) is 0 Å². The monoisotopic (exact) mass is 284 g/mol. The Balaban J connectivity index is 2.02. The molecule has 0 unspecified atom stereocenters. The van der Waals surface area contributed by atoms with Crippen LogP contribution < -0.4 is 10.6 Å². The van der Waals surface area contributed by atoms with Crippen molar-refractivity contribution >= 4 is 11.4 Å². The van der Waals surface area contributed by atoms with Crippen LogP contribution in [-0.2, 0) is 12.8 Å². The predicted octanol–water partition coefficient (Wildman–Crippen LogP) is 3.72. The first-order valence-electron chi connectivity index (χ1n) is 7.54. The highest BCUT2D eigenvalue weighted by Crippen LogP contribution is 2.34. The summed E-state index contributed by atoms with van der Waals surface area (Å²) < 4.78 is 13.9. The summed E-state index contributed by atoms with van der Waals surface area (Å²) in [6, 6.07) is 11.8. The molecule has 110 valence electrons. The fourth-order valence-electron chi connectivity index (χ4n) is 3.09. The number of anilines is 2. The van der Waals surface area contributed by atoms with Crippen LogP contribution in [-0.4, -0.2) is 13.1 Å². The molecule has 2 aromatic rings. The molecule has 0 bridgehead atoms. The van der Waals surface area contributed by atoms with E-state index in [-0.39, 0.29) is 5.82 Å². The van der Waals surface area contributed by atoms with E-state index in [1.165, 1.54) is 16.8 Å². The molecule has 3 rings (SSSR count). The Bertz CT molecular complexity index is 652. The van der Waals surface area contributed by atoms with E-state index < -0.39 is 0 Å². The summed E-state index contributed by atoms with van der Waals surface area (Å²) in [5.41, 5.74) is 11.3. The maximum absolute atomic E-state index is 13.9. The van der Waals surface area contributed by atoms with Gasteiger partial charge in [-0.2, -0.15) is 0 Å². The third-order valence-electron chi connectivity index (χ3n) is 4.04. The highest BCUT2D eigenvalue weighted by Gasteiger charge is 2.19. The molecule has 0 atom stereocenters. The normalized spacial score (nSPS) is 14.1. The molecule has 3 heteroatoms. The zero-order chi connectivity index (χ0) is 14.8. The Labute approximate surface area is 125 Å². The van der Waals surface area contributed by atoms with Gasteiger partial charge >= 0.3 is 0 Å². The van der Waals surface area contributed by atoms with Crippen LogP contribution in [0.1, 0.15) is 23.1 Å². The van der Waals surface area contributed by atoms with Crippen molar-refractivity contribution < 1.29 is 4.39 Å². The molecular formula is C18H21FN2. The largest absolute Gasteiger partial charge is 0.341 e. The van der Waals surface area contributed by atoms with Crippen LogP contribution in [0.4, 0.5) is 15.8 Å². The summed E-state index contributed by atoms with van der Waals surface area (Å²) in [7, 11) is 0. The third-order valence-corrected chi connectivity index (χ3v) is 4.04. The highest BCUT2D eigenvalue weighted by atomic mass is 19.1. The summed E-state index contributed by atoms with van der Waals surface area (Å²) in [4.78, 5) is 2.22. The maximum Gasteiger partial charge on any atom is 0.125 e. The molecule has 0 aromatic heterocycles. The summed E-state index contributed by atoms with van der Waals surface area (Å²) in [6.45, 7) is 3.58. The Morgan fingerprint density at radius 3 is 2.86 bits per heavy atom. The first-order chi connectivity index (χ1) is 10.2. The van der Waals surface area contributed by atoms with Gasteiger partial charge in [0.05, 0.1) is 0 Å². The van der Waals surface area contributed by atoms with Crippen molar-refractivity contribution in [1.82, 2.24) is 0 Å². The SMILES string of the molecule is Cc1ccc2c(c1)CCCN2c1cc(F)cc(CCN)c1. The minimum absolute atomic E-state index is 0.185. The van der Waals surface area contributed by atoms with E-state index >= 15 is 0 Å². The molecule has 2 N–H and O–H groups in total. The lowest BCUT2D eigenvalue weighted by Crippen LogP contribution is -2.24. The number of hydrogen-bond acceptors (Lipinski definition) is 2. The fourth-order valence-corrected chi connectivity index (χ4v) is 3.09. The minimum atomic E-state index is -0.185. The predicted molar refractivity (Wildman–Crippen MR) is 85.7 cm³/mol. The summed E-state index contributed by atoms with van der Waals surface area (Å²) in [5, 5.41) is 0. The average molecular weight is 284 g/mol. The number of hydrogen-bond donors (Lipinski definition) is 1. The number of aryl methyl sites for hydroxylation is 2. The summed E-state index contributed by atoms with van der Waals surface area (Å²) >= 11 is 0. The van der Waals surface area contributed by atoms with Crippen LogP contribution in [0, 0.1) is 12.7 Å². The van der Waals surface area contributed by atoms with Crippen molar-refractivity contribution in [3.63, 3.8) is 0 Å². The van der Waals surface area contributed by atoms with Gasteiger partial charge < -0.3 is 10.6 Å². The Morgan fingerprint density at radius 2 is 2.05 bits per heavy atom. The van der Waals surface area contributed by atoms with Crippen LogP contribution in [0.25, 0.3) is 0 Å². The lowest BCUT2D eigenvalue weighted by atomic mass is 9.98. The molecule has 0 aliphatic carbocycles.